The Kier molecular flexibility index (Phi) is 5.25. The number of fused-ring (bicyclic) bond motifs is 3. The van der Waals surface area contributed by atoms with Crippen molar-refractivity contribution in [2.45, 2.75) is 38.5 Å². The molecule has 0 bridgehead atoms. The topological polar surface area (TPSA) is 24.7 Å². The molecule has 0 saturated heterocycles. The van der Waals surface area contributed by atoms with Crippen LogP contribution in [0, 0.1) is 0 Å². The van der Waals surface area contributed by atoms with Crippen molar-refractivity contribution >= 4 is 33.6 Å². The maximum Gasteiger partial charge on any atom is 0.0675 e. The second-order valence-corrected chi connectivity index (χ2v) is 11.5. The van der Waals surface area contributed by atoms with Crippen LogP contribution in [0.4, 0.5) is 11.4 Å². The average Bonchev–Trinajstić information content (AvgIpc) is 3.81. The summed E-state index contributed by atoms with van der Waals surface area (Å²) >= 11 is 0. The van der Waals surface area contributed by atoms with Gasteiger partial charge < -0.3 is 0 Å². The molecule has 6 aliphatic rings. The van der Waals surface area contributed by atoms with Crippen molar-refractivity contribution in [1.29, 1.82) is 0 Å². The summed E-state index contributed by atoms with van der Waals surface area (Å²) < 4.78 is 0. The Hall–Kier alpha value is -4.56. The highest BCUT2D eigenvalue weighted by Crippen LogP contribution is 2.41. The van der Waals surface area contributed by atoms with Crippen LogP contribution in [0.3, 0.4) is 0 Å². The first-order valence-corrected chi connectivity index (χ1v) is 14.2. The lowest BCUT2D eigenvalue weighted by Crippen LogP contribution is -2.02. The van der Waals surface area contributed by atoms with E-state index in [9.17, 15) is 0 Å². The Balaban J connectivity index is 0.973. The highest BCUT2D eigenvalue weighted by Gasteiger charge is 2.25. The molecule has 0 radical (unpaired) electrons. The highest BCUT2D eigenvalue weighted by molar-refractivity contribution is 6.10. The summed E-state index contributed by atoms with van der Waals surface area (Å²) in [5.41, 5.74) is 17.5. The quantitative estimate of drug-likeness (QED) is 0.367. The lowest BCUT2D eigenvalue weighted by molar-refractivity contribution is 1.17. The highest BCUT2D eigenvalue weighted by atomic mass is 14.8. The van der Waals surface area contributed by atoms with E-state index in [4.69, 9.17) is 9.98 Å². The van der Waals surface area contributed by atoms with Gasteiger partial charge >= 0.3 is 0 Å². The third-order valence-electron chi connectivity index (χ3n) is 9.03. The number of nitrogens with zero attached hydrogens (tertiary/aromatic N) is 2. The minimum atomic E-state index is 0.887. The van der Waals surface area contributed by atoms with Gasteiger partial charge in [-0.05, 0) is 116 Å². The van der Waals surface area contributed by atoms with Crippen molar-refractivity contribution < 1.29 is 0 Å². The molecule has 0 amide bonds. The van der Waals surface area contributed by atoms with Crippen LogP contribution in [0.5, 0.6) is 0 Å². The zero-order valence-electron chi connectivity index (χ0n) is 22.6. The Bertz CT molecular complexity index is 1760. The van der Waals surface area contributed by atoms with Crippen LogP contribution in [0.2, 0.25) is 0 Å². The number of hydrogen-bond acceptors (Lipinski definition) is 2. The Labute approximate surface area is 235 Å². The molecule has 0 fully saturated rings. The first-order chi connectivity index (χ1) is 19.6. The van der Waals surface area contributed by atoms with Crippen LogP contribution in [-0.4, -0.2) is 11.4 Å². The van der Waals surface area contributed by atoms with Crippen LogP contribution >= 0.6 is 0 Å². The fourth-order valence-corrected chi connectivity index (χ4v) is 6.63. The maximum absolute atomic E-state index is 5.10. The van der Waals surface area contributed by atoms with Gasteiger partial charge in [0.15, 0.2) is 0 Å². The predicted octanol–water partition coefficient (Wildman–Crippen LogP) is 9.49. The normalized spacial score (nSPS) is 20.1. The number of aliphatic imine (C=N–C) groups is 2. The maximum atomic E-state index is 5.10. The molecule has 40 heavy (non-hydrogen) atoms. The Morgan fingerprint density at radius 1 is 0.525 bits per heavy atom. The summed E-state index contributed by atoms with van der Waals surface area (Å²) in [6, 6.07) is 9.20. The Morgan fingerprint density at radius 2 is 1.00 bits per heavy atom. The monoisotopic (exact) mass is 514 g/mol. The molecular formula is C38H30N2. The van der Waals surface area contributed by atoms with Gasteiger partial charge in [-0.3, -0.25) is 9.98 Å². The van der Waals surface area contributed by atoms with E-state index in [2.05, 4.69) is 98.2 Å². The van der Waals surface area contributed by atoms with Crippen molar-refractivity contribution in [3.8, 4) is 0 Å². The van der Waals surface area contributed by atoms with Crippen LogP contribution < -0.4 is 0 Å². The second-order valence-electron chi connectivity index (χ2n) is 11.5. The number of benzene rings is 2. The smallest absolute Gasteiger partial charge is 0.0675 e. The van der Waals surface area contributed by atoms with Crippen molar-refractivity contribution in [1.82, 2.24) is 0 Å². The zero-order valence-corrected chi connectivity index (χ0v) is 22.6. The predicted molar refractivity (Wildman–Crippen MR) is 169 cm³/mol. The lowest BCUT2D eigenvalue weighted by atomic mass is 9.94. The third kappa shape index (κ3) is 3.86. The zero-order chi connectivity index (χ0) is 26.8. The molecule has 2 nitrogen and oxygen atoms in total. The molecule has 2 aromatic rings. The molecular weight excluding hydrogens is 484 g/mol. The number of allylic oxidation sites excluding steroid dienone is 18. The first kappa shape index (κ1) is 23.3. The van der Waals surface area contributed by atoms with Gasteiger partial charge in [-0.1, -0.05) is 73.9 Å². The summed E-state index contributed by atoms with van der Waals surface area (Å²) in [4.78, 5) is 10.2. The third-order valence-corrected chi connectivity index (χ3v) is 9.03. The molecule has 2 aliphatic heterocycles. The van der Waals surface area contributed by atoms with E-state index >= 15 is 0 Å². The standard InChI is InChI=1S/C38H30N2/c1-23(25-7-3-4-8-25)27-11-13-29(15-27)35-21-33-17-31-20-38-34(18-32(31)19-37(33)39-35)22-36(40-38)30-14-12-28(16-30)24(2)26-9-5-6-10-26/h3-7,9,11-14,17-20H,1-2,8,10,15-16,21-22H2. The van der Waals surface area contributed by atoms with Gasteiger partial charge in [0.2, 0.25) is 0 Å². The van der Waals surface area contributed by atoms with Crippen LogP contribution in [0.25, 0.3) is 10.8 Å². The summed E-state index contributed by atoms with van der Waals surface area (Å²) in [7, 11) is 0. The minimum Gasteiger partial charge on any atom is -0.252 e. The summed E-state index contributed by atoms with van der Waals surface area (Å²) in [6.07, 6.45) is 27.5. The molecule has 2 aromatic carbocycles. The van der Waals surface area contributed by atoms with Gasteiger partial charge in [-0.15, -0.1) is 0 Å². The van der Waals surface area contributed by atoms with Gasteiger partial charge in [0.1, 0.15) is 0 Å². The molecule has 192 valence electrons. The van der Waals surface area contributed by atoms with Crippen LogP contribution in [0.1, 0.15) is 36.8 Å². The molecule has 0 aromatic heterocycles. The largest absolute Gasteiger partial charge is 0.252 e. The number of rotatable bonds is 6. The van der Waals surface area contributed by atoms with Gasteiger partial charge in [0, 0.05) is 24.3 Å². The summed E-state index contributed by atoms with van der Waals surface area (Å²) in [6.45, 7) is 8.74. The average molecular weight is 515 g/mol. The summed E-state index contributed by atoms with van der Waals surface area (Å²) in [5.74, 6) is 0. The molecule has 0 atom stereocenters. The molecule has 0 spiro atoms. The molecule has 4 aliphatic carbocycles. The van der Waals surface area contributed by atoms with Crippen LogP contribution in [-0.2, 0) is 12.8 Å². The van der Waals surface area contributed by atoms with Crippen LogP contribution in [0.15, 0.2) is 153 Å². The second kappa shape index (κ2) is 8.99. The van der Waals surface area contributed by atoms with Crippen molar-refractivity contribution in [2.24, 2.45) is 9.98 Å². The fourth-order valence-electron chi connectivity index (χ4n) is 6.63. The van der Waals surface area contributed by atoms with Crippen molar-refractivity contribution in [2.75, 3.05) is 0 Å². The number of hydrogen-bond donors (Lipinski definition) is 0. The summed E-state index contributed by atoms with van der Waals surface area (Å²) in [5, 5.41) is 2.50. The van der Waals surface area contributed by atoms with Gasteiger partial charge in [-0.25, -0.2) is 0 Å². The molecule has 8 rings (SSSR count). The van der Waals surface area contributed by atoms with E-state index in [1.54, 1.807) is 0 Å². The molecule has 0 saturated carbocycles. The van der Waals surface area contributed by atoms with Gasteiger partial charge in [0.05, 0.1) is 11.4 Å². The SMILES string of the molecule is C=C(C1=CC=CC1)C1=CC=C(C2=Nc3cc4cc5c(cc4cc3C2)N=C(C2=CC=C(C(=C)C3=CC=CC3)C2)C5)C1. The van der Waals surface area contributed by atoms with E-state index in [-0.39, 0.29) is 0 Å². The van der Waals surface area contributed by atoms with Crippen molar-refractivity contribution in [3.05, 3.63) is 154 Å². The molecule has 2 heterocycles. The molecule has 0 N–H and O–H groups in total. The van der Waals surface area contributed by atoms with Gasteiger partial charge in [0.25, 0.3) is 0 Å². The Morgan fingerprint density at radius 3 is 1.43 bits per heavy atom. The first-order valence-electron chi connectivity index (χ1n) is 14.2. The van der Waals surface area contributed by atoms with E-state index in [0.29, 0.717) is 0 Å². The van der Waals surface area contributed by atoms with E-state index in [1.807, 2.05) is 0 Å². The lowest BCUT2D eigenvalue weighted by Gasteiger charge is -2.10. The van der Waals surface area contributed by atoms with E-state index < -0.39 is 0 Å². The van der Waals surface area contributed by atoms with Gasteiger partial charge in [-0.2, -0.15) is 0 Å². The van der Waals surface area contributed by atoms with E-state index in [1.165, 1.54) is 77.9 Å². The molecule has 0 unspecified atom stereocenters. The molecule has 2 heteroatoms. The fraction of sp³-hybridized carbons (Fsp3) is 0.158. The minimum absolute atomic E-state index is 0.887. The van der Waals surface area contributed by atoms with Crippen molar-refractivity contribution in [3.63, 3.8) is 0 Å². The van der Waals surface area contributed by atoms with E-state index in [0.717, 1.165) is 49.9 Å².